The van der Waals surface area contributed by atoms with Gasteiger partial charge in [0.2, 0.25) is 5.91 Å². The van der Waals surface area contributed by atoms with E-state index in [1.54, 1.807) is 7.05 Å². The molecule has 2 rings (SSSR count). The van der Waals surface area contributed by atoms with Gasteiger partial charge in [0, 0.05) is 38.6 Å². The Morgan fingerprint density at radius 3 is 2.52 bits per heavy atom. The van der Waals surface area contributed by atoms with Gasteiger partial charge in [-0.05, 0) is 52.4 Å². The summed E-state index contributed by atoms with van der Waals surface area (Å²) in [5, 5.41) is 6.25. The molecule has 6 nitrogen and oxygen atoms in total. The first-order valence-corrected chi connectivity index (χ1v) is 9.75. The van der Waals surface area contributed by atoms with E-state index in [1.165, 1.54) is 12.8 Å². The lowest BCUT2D eigenvalue weighted by molar-refractivity contribution is -0.120. The quantitative estimate of drug-likeness (QED) is 0.797. The minimum atomic E-state index is -0.456. The third-order valence-electron chi connectivity index (χ3n) is 5.28. The molecule has 3 unspecified atom stereocenters. The van der Waals surface area contributed by atoms with E-state index in [-0.39, 0.29) is 18.0 Å². The second kappa shape index (κ2) is 8.88. The zero-order valence-corrected chi connectivity index (χ0v) is 16.3. The van der Waals surface area contributed by atoms with E-state index >= 15 is 0 Å². The highest BCUT2D eigenvalue weighted by molar-refractivity contribution is 5.75. The van der Waals surface area contributed by atoms with Crippen LogP contribution in [0.15, 0.2) is 0 Å². The minimum absolute atomic E-state index is 0.0658. The Hall–Kier alpha value is -1.30. The number of hydrogen-bond acceptors (Lipinski definition) is 4. The lowest BCUT2D eigenvalue weighted by atomic mass is 9.79. The SMILES string of the molecule is CNC(=O)CCNC1CCCCC1C1CCCN1C(=O)OC(C)(C)C. The summed E-state index contributed by atoms with van der Waals surface area (Å²) < 4.78 is 5.62. The van der Waals surface area contributed by atoms with Crippen molar-refractivity contribution in [2.45, 2.75) is 83.4 Å². The van der Waals surface area contributed by atoms with Crippen LogP contribution >= 0.6 is 0 Å². The van der Waals surface area contributed by atoms with Crippen LogP contribution in [0.2, 0.25) is 0 Å². The third kappa shape index (κ3) is 5.87. The molecule has 1 aliphatic heterocycles. The molecule has 0 aromatic rings. The van der Waals surface area contributed by atoms with Gasteiger partial charge in [0.1, 0.15) is 5.60 Å². The molecular weight excluding hydrogens is 318 g/mol. The third-order valence-corrected chi connectivity index (χ3v) is 5.28. The molecule has 6 heteroatoms. The molecule has 2 N–H and O–H groups in total. The van der Waals surface area contributed by atoms with Crippen molar-refractivity contribution in [2.75, 3.05) is 20.1 Å². The summed E-state index contributed by atoms with van der Waals surface area (Å²) in [6.45, 7) is 7.24. The zero-order valence-electron chi connectivity index (χ0n) is 16.3. The van der Waals surface area contributed by atoms with E-state index in [4.69, 9.17) is 4.74 Å². The Balaban J connectivity index is 1.97. The summed E-state index contributed by atoms with van der Waals surface area (Å²) in [6.07, 6.45) is 7.12. The van der Waals surface area contributed by atoms with E-state index in [0.717, 1.165) is 32.2 Å². The largest absolute Gasteiger partial charge is 0.444 e. The van der Waals surface area contributed by atoms with Crippen LogP contribution in [0.3, 0.4) is 0 Å². The van der Waals surface area contributed by atoms with Crippen molar-refractivity contribution in [3.8, 4) is 0 Å². The standard InChI is InChI=1S/C19H35N3O3/c1-19(2,3)25-18(24)22-13-7-10-16(22)14-8-5-6-9-15(14)21-12-11-17(23)20-4/h14-16,21H,5-13H2,1-4H3,(H,20,23). The van der Waals surface area contributed by atoms with Gasteiger partial charge < -0.3 is 20.3 Å². The topological polar surface area (TPSA) is 70.7 Å². The number of likely N-dealkylation sites (tertiary alicyclic amines) is 1. The maximum Gasteiger partial charge on any atom is 0.410 e. The summed E-state index contributed by atoms with van der Waals surface area (Å²) in [5.41, 5.74) is -0.456. The normalized spacial score (nSPS) is 27.2. The second-order valence-corrected chi connectivity index (χ2v) is 8.32. The smallest absolute Gasteiger partial charge is 0.410 e. The van der Waals surface area contributed by atoms with Gasteiger partial charge in [-0.2, -0.15) is 0 Å². The van der Waals surface area contributed by atoms with E-state index in [1.807, 2.05) is 25.7 Å². The summed E-state index contributed by atoms with van der Waals surface area (Å²) >= 11 is 0. The molecule has 0 radical (unpaired) electrons. The second-order valence-electron chi connectivity index (χ2n) is 8.32. The van der Waals surface area contributed by atoms with Gasteiger partial charge in [0.05, 0.1) is 0 Å². The molecule has 0 aromatic carbocycles. The van der Waals surface area contributed by atoms with Gasteiger partial charge >= 0.3 is 6.09 Å². The molecule has 2 aliphatic rings. The highest BCUT2D eigenvalue weighted by Gasteiger charge is 2.40. The van der Waals surface area contributed by atoms with Crippen molar-refractivity contribution in [2.24, 2.45) is 5.92 Å². The van der Waals surface area contributed by atoms with Gasteiger partial charge in [0.25, 0.3) is 0 Å². The summed E-state index contributed by atoms with van der Waals surface area (Å²) in [7, 11) is 1.67. The molecule has 0 spiro atoms. The Morgan fingerprint density at radius 1 is 1.12 bits per heavy atom. The van der Waals surface area contributed by atoms with Crippen LogP contribution in [-0.2, 0) is 9.53 Å². The van der Waals surface area contributed by atoms with E-state index in [0.29, 0.717) is 24.9 Å². The molecule has 144 valence electrons. The monoisotopic (exact) mass is 353 g/mol. The van der Waals surface area contributed by atoms with Gasteiger partial charge in [-0.25, -0.2) is 4.79 Å². The van der Waals surface area contributed by atoms with Crippen molar-refractivity contribution in [3.63, 3.8) is 0 Å². The Labute approximate surface area is 152 Å². The number of ether oxygens (including phenoxy) is 1. The first-order chi connectivity index (χ1) is 11.8. The molecule has 2 fully saturated rings. The highest BCUT2D eigenvalue weighted by Crippen LogP contribution is 2.35. The maximum atomic E-state index is 12.6. The first kappa shape index (κ1) is 20.0. The van der Waals surface area contributed by atoms with Crippen LogP contribution < -0.4 is 10.6 Å². The predicted molar refractivity (Wildman–Crippen MR) is 98.4 cm³/mol. The van der Waals surface area contributed by atoms with E-state index < -0.39 is 5.60 Å². The Kier molecular flexibility index (Phi) is 7.11. The fourth-order valence-electron chi connectivity index (χ4n) is 4.15. The first-order valence-electron chi connectivity index (χ1n) is 9.75. The minimum Gasteiger partial charge on any atom is -0.444 e. The van der Waals surface area contributed by atoms with Crippen LogP contribution in [0.25, 0.3) is 0 Å². The van der Waals surface area contributed by atoms with Crippen LogP contribution in [0.1, 0.15) is 65.7 Å². The summed E-state index contributed by atoms with van der Waals surface area (Å²) in [4.78, 5) is 26.0. The molecule has 25 heavy (non-hydrogen) atoms. The average molecular weight is 354 g/mol. The lowest BCUT2D eigenvalue weighted by Crippen LogP contribution is -2.51. The van der Waals surface area contributed by atoms with Gasteiger partial charge in [-0.3, -0.25) is 4.79 Å². The molecular formula is C19H35N3O3. The van der Waals surface area contributed by atoms with Crippen molar-refractivity contribution in [1.29, 1.82) is 0 Å². The lowest BCUT2D eigenvalue weighted by Gasteiger charge is -2.40. The molecule has 1 heterocycles. The number of carbonyl (C=O) groups is 2. The summed E-state index contributed by atoms with van der Waals surface area (Å²) in [5.74, 6) is 0.518. The van der Waals surface area contributed by atoms with Crippen LogP contribution in [0.5, 0.6) is 0 Å². The number of rotatable bonds is 5. The van der Waals surface area contributed by atoms with Gasteiger partial charge in [-0.1, -0.05) is 12.8 Å². The zero-order chi connectivity index (χ0) is 18.4. The number of carbonyl (C=O) groups excluding carboxylic acids is 2. The molecule has 2 amide bonds. The Bertz CT molecular complexity index is 461. The van der Waals surface area contributed by atoms with Crippen molar-refractivity contribution < 1.29 is 14.3 Å². The molecule has 1 saturated carbocycles. The van der Waals surface area contributed by atoms with Crippen LogP contribution in [0.4, 0.5) is 4.79 Å². The molecule has 3 atom stereocenters. The average Bonchev–Trinajstić information content (AvgIpc) is 3.03. The number of hydrogen-bond donors (Lipinski definition) is 2. The van der Waals surface area contributed by atoms with Crippen LogP contribution in [0, 0.1) is 5.92 Å². The number of nitrogens with zero attached hydrogens (tertiary/aromatic N) is 1. The molecule has 0 aromatic heterocycles. The fraction of sp³-hybridized carbons (Fsp3) is 0.895. The molecule has 1 saturated heterocycles. The van der Waals surface area contributed by atoms with E-state index in [9.17, 15) is 9.59 Å². The molecule has 1 aliphatic carbocycles. The maximum absolute atomic E-state index is 12.6. The van der Waals surface area contributed by atoms with Crippen molar-refractivity contribution in [3.05, 3.63) is 0 Å². The number of nitrogens with one attached hydrogen (secondary N) is 2. The fourth-order valence-corrected chi connectivity index (χ4v) is 4.15. The van der Waals surface area contributed by atoms with Gasteiger partial charge in [-0.15, -0.1) is 0 Å². The summed E-state index contributed by atoms with van der Waals surface area (Å²) in [6, 6.07) is 0.638. The molecule has 0 bridgehead atoms. The van der Waals surface area contributed by atoms with Crippen LogP contribution in [-0.4, -0.2) is 54.7 Å². The van der Waals surface area contributed by atoms with Crippen molar-refractivity contribution >= 4 is 12.0 Å². The Morgan fingerprint density at radius 2 is 1.84 bits per heavy atom. The van der Waals surface area contributed by atoms with Crippen molar-refractivity contribution in [1.82, 2.24) is 15.5 Å². The number of amides is 2. The highest BCUT2D eigenvalue weighted by atomic mass is 16.6. The van der Waals surface area contributed by atoms with Gasteiger partial charge in [0.15, 0.2) is 0 Å². The van der Waals surface area contributed by atoms with E-state index in [2.05, 4.69) is 10.6 Å². The predicted octanol–water partition coefficient (Wildman–Crippen LogP) is 2.67.